The van der Waals surface area contributed by atoms with Crippen LogP contribution in [0.2, 0.25) is 0 Å². The van der Waals surface area contributed by atoms with Gasteiger partial charge in [-0.1, -0.05) is 59.8 Å². The Labute approximate surface area is 253 Å². The third-order valence-corrected chi connectivity index (χ3v) is 10.1. The van der Waals surface area contributed by atoms with Gasteiger partial charge in [0.2, 0.25) is 23.6 Å². The Balaban J connectivity index is 2.25. The molecule has 0 bridgehead atoms. The first-order valence-electron chi connectivity index (χ1n) is 14.9. The van der Waals surface area contributed by atoms with E-state index in [1.807, 2.05) is 13.8 Å². The maximum atomic E-state index is 13.9. The van der Waals surface area contributed by atoms with E-state index in [2.05, 4.69) is 45.1 Å². The van der Waals surface area contributed by atoms with Crippen LogP contribution in [-0.2, 0) is 25.6 Å². The van der Waals surface area contributed by atoms with E-state index in [0.29, 0.717) is 18.8 Å². The lowest BCUT2D eigenvalue weighted by Crippen LogP contribution is -2.59. The van der Waals surface area contributed by atoms with Gasteiger partial charge in [0.25, 0.3) is 0 Å². The molecule has 0 radical (unpaired) electrons. The summed E-state index contributed by atoms with van der Waals surface area (Å²) in [4.78, 5) is 59.0. The number of carbonyl (C=O) groups excluding carboxylic acids is 4. The summed E-state index contributed by atoms with van der Waals surface area (Å²) in [5.41, 5.74) is 0.942. The number of nitrogens with one attached hydrogen (secondary N) is 5. The molecule has 12 heteroatoms. The number of rotatable bonds is 17. The number of H-pyrrole nitrogens is 1. The van der Waals surface area contributed by atoms with Gasteiger partial charge in [0, 0.05) is 25.2 Å². The minimum absolute atomic E-state index is 0.140. The smallest absolute Gasteiger partial charge is 0.243 e. The number of hydrogen-bond acceptors (Lipinski definition) is 7. The van der Waals surface area contributed by atoms with E-state index in [1.165, 1.54) is 13.3 Å². The average molecular weight is 611 g/mol. The molecule has 0 spiro atoms. The Bertz CT molecular complexity index is 949. The number of aromatic nitrogens is 2. The van der Waals surface area contributed by atoms with Crippen molar-refractivity contribution in [3.05, 3.63) is 18.2 Å². The van der Waals surface area contributed by atoms with Gasteiger partial charge in [-0.2, -0.15) is 0 Å². The van der Waals surface area contributed by atoms with E-state index in [1.54, 1.807) is 43.0 Å². The largest absolute Gasteiger partial charge is 0.349 e. The highest BCUT2D eigenvalue weighted by Crippen LogP contribution is 2.30. The molecule has 41 heavy (non-hydrogen) atoms. The van der Waals surface area contributed by atoms with Gasteiger partial charge in [-0.15, -0.1) is 23.5 Å². The molecule has 0 aliphatic heterocycles. The maximum absolute atomic E-state index is 13.9. The molecule has 1 aliphatic carbocycles. The number of hydrogen-bond donors (Lipinski definition) is 5. The number of nitrogens with zero attached hydrogens (tertiary/aromatic N) is 1. The standard InChI is InChI=1S/C29H50N6O4S2/c1-7-40-29(41-8-2)24(15-22-16-30-17-31-22)34-27(38)23(14-21-12-10-9-11-13-21)33-28(39)25(18(3)4)35-26(37)19(5)32-20(6)36/h16-19,21,23-25,29H,7-15H2,1-6H3,(H,30,31)(H,32,36)(H,33,39)(H,34,38)(H,35,37)/t19-,23-,24-,25-/m0/s1. The Kier molecular flexibility index (Phi) is 15.7. The second-order valence-corrected chi connectivity index (χ2v) is 14.3. The Morgan fingerprint density at radius 1 is 0.927 bits per heavy atom. The summed E-state index contributed by atoms with van der Waals surface area (Å²) in [6.07, 6.45) is 10.1. The highest BCUT2D eigenvalue weighted by atomic mass is 32.2. The van der Waals surface area contributed by atoms with Crippen molar-refractivity contribution in [3.63, 3.8) is 0 Å². The van der Waals surface area contributed by atoms with E-state index < -0.39 is 29.9 Å². The van der Waals surface area contributed by atoms with Crippen LogP contribution in [0.4, 0.5) is 0 Å². The minimum Gasteiger partial charge on any atom is -0.349 e. The number of amides is 4. The summed E-state index contributed by atoms with van der Waals surface area (Å²) in [7, 11) is 0. The lowest BCUT2D eigenvalue weighted by Gasteiger charge is -2.32. The molecule has 4 atom stereocenters. The molecule has 0 unspecified atom stereocenters. The molecule has 4 amide bonds. The summed E-state index contributed by atoms with van der Waals surface area (Å²) >= 11 is 3.61. The van der Waals surface area contributed by atoms with Gasteiger partial charge in [-0.05, 0) is 36.7 Å². The fourth-order valence-corrected chi connectivity index (χ4v) is 7.83. The topological polar surface area (TPSA) is 145 Å². The Morgan fingerprint density at radius 3 is 2.12 bits per heavy atom. The third-order valence-electron chi connectivity index (χ3n) is 7.30. The van der Waals surface area contributed by atoms with Crippen LogP contribution in [0.1, 0.15) is 85.8 Å². The van der Waals surface area contributed by atoms with Crippen molar-refractivity contribution >= 4 is 47.2 Å². The van der Waals surface area contributed by atoms with Gasteiger partial charge in [0.15, 0.2) is 0 Å². The van der Waals surface area contributed by atoms with E-state index in [0.717, 1.165) is 42.9 Å². The summed E-state index contributed by atoms with van der Waals surface area (Å²) < 4.78 is 0.140. The van der Waals surface area contributed by atoms with Crippen molar-refractivity contribution in [2.75, 3.05) is 11.5 Å². The molecular weight excluding hydrogens is 560 g/mol. The van der Waals surface area contributed by atoms with Gasteiger partial charge in [0.05, 0.1) is 17.0 Å². The molecule has 1 aliphatic rings. The molecular formula is C29H50N6O4S2. The number of imidazole rings is 1. The molecule has 1 heterocycles. The van der Waals surface area contributed by atoms with Gasteiger partial charge in [-0.3, -0.25) is 19.2 Å². The van der Waals surface area contributed by atoms with Gasteiger partial charge in [0.1, 0.15) is 18.1 Å². The van der Waals surface area contributed by atoms with Crippen molar-refractivity contribution in [2.24, 2.45) is 11.8 Å². The molecule has 2 rings (SSSR count). The number of carbonyl (C=O) groups is 4. The minimum atomic E-state index is -0.847. The van der Waals surface area contributed by atoms with Crippen LogP contribution in [-0.4, -0.2) is 73.9 Å². The van der Waals surface area contributed by atoms with Crippen LogP contribution >= 0.6 is 23.5 Å². The fraction of sp³-hybridized carbons (Fsp3) is 0.759. The summed E-state index contributed by atoms with van der Waals surface area (Å²) in [5.74, 6) is 0.596. The number of thioether (sulfide) groups is 2. The SMILES string of the molecule is CCSC(SCC)[C@H](Cc1cnc[nH]1)NC(=O)[C@H](CC1CCCCC1)NC(=O)[C@@H](NC(=O)[C@H](C)NC(C)=O)C(C)C. The molecule has 0 aromatic carbocycles. The first kappa shape index (κ1) is 35.0. The maximum Gasteiger partial charge on any atom is 0.243 e. The summed E-state index contributed by atoms with van der Waals surface area (Å²) in [6.45, 7) is 10.8. The van der Waals surface area contributed by atoms with Crippen LogP contribution < -0.4 is 21.3 Å². The highest BCUT2D eigenvalue weighted by molar-refractivity contribution is 8.17. The van der Waals surface area contributed by atoms with Crippen molar-refractivity contribution in [1.82, 2.24) is 31.2 Å². The Hall–Kier alpha value is -2.21. The zero-order valence-electron chi connectivity index (χ0n) is 25.5. The normalized spacial score (nSPS) is 17.0. The molecule has 1 saturated carbocycles. The molecule has 1 aromatic rings. The van der Waals surface area contributed by atoms with E-state index in [9.17, 15) is 19.2 Å². The molecule has 1 fully saturated rings. The van der Waals surface area contributed by atoms with Gasteiger partial charge >= 0.3 is 0 Å². The monoisotopic (exact) mass is 610 g/mol. The van der Waals surface area contributed by atoms with Crippen molar-refractivity contribution in [3.8, 4) is 0 Å². The van der Waals surface area contributed by atoms with E-state index in [4.69, 9.17) is 0 Å². The van der Waals surface area contributed by atoms with Crippen molar-refractivity contribution in [2.45, 2.75) is 115 Å². The molecule has 0 saturated heterocycles. The first-order valence-corrected chi connectivity index (χ1v) is 17.0. The number of aromatic amines is 1. The average Bonchev–Trinajstić information content (AvgIpc) is 3.43. The van der Waals surface area contributed by atoms with Gasteiger partial charge < -0.3 is 26.3 Å². The molecule has 232 valence electrons. The summed E-state index contributed by atoms with van der Waals surface area (Å²) in [5, 5.41) is 11.6. The lowest BCUT2D eigenvalue weighted by atomic mass is 9.84. The van der Waals surface area contributed by atoms with E-state index >= 15 is 0 Å². The molecule has 1 aromatic heterocycles. The summed E-state index contributed by atoms with van der Waals surface area (Å²) in [6, 6.07) is -2.52. The predicted molar refractivity (Wildman–Crippen MR) is 167 cm³/mol. The predicted octanol–water partition coefficient (Wildman–Crippen LogP) is 3.39. The Morgan fingerprint density at radius 2 is 1.59 bits per heavy atom. The van der Waals surface area contributed by atoms with Crippen LogP contribution in [0.3, 0.4) is 0 Å². The second kappa shape index (κ2) is 18.4. The second-order valence-electron chi connectivity index (χ2n) is 11.1. The van der Waals surface area contributed by atoms with Crippen molar-refractivity contribution < 1.29 is 19.2 Å². The highest BCUT2D eigenvalue weighted by Gasteiger charge is 2.34. The van der Waals surface area contributed by atoms with E-state index in [-0.39, 0.29) is 28.4 Å². The van der Waals surface area contributed by atoms with Gasteiger partial charge in [-0.25, -0.2) is 4.98 Å². The lowest BCUT2D eigenvalue weighted by molar-refractivity contribution is -0.134. The van der Waals surface area contributed by atoms with Crippen LogP contribution in [0.25, 0.3) is 0 Å². The first-order chi connectivity index (χ1) is 19.5. The van der Waals surface area contributed by atoms with Crippen LogP contribution in [0, 0.1) is 11.8 Å². The zero-order chi connectivity index (χ0) is 30.4. The fourth-order valence-electron chi connectivity index (χ4n) is 5.17. The van der Waals surface area contributed by atoms with Crippen LogP contribution in [0.5, 0.6) is 0 Å². The third kappa shape index (κ3) is 12.3. The zero-order valence-corrected chi connectivity index (χ0v) is 27.1. The molecule has 10 nitrogen and oxygen atoms in total. The van der Waals surface area contributed by atoms with Crippen LogP contribution in [0.15, 0.2) is 12.5 Å². The quantitative estimate of drug-likeness (QED) is 0.170. The van der Waals surface area contributed by atoms with Crippen molar-refractivity contribution in [1.29, 1.82) is 0 Å². The molecule has 5 N–H and O–H groups in total.